The van der Waals surface area contributed by atoms with Crippen molar-refractivity contribution < 1.29 is 9.84 Å². The van der Waals surface area contributed by atoms with Crippen molar-refractivity contribution in [2.24, 2.45) is 0 Å². The summed E-state index contributed by atoms with van der Waals surface area (Å²) in [6.07, 6.45) is 3.83. The van der Waals surface area contributed by atoms with Crippen LogP contribution in [0.1, 0.15) is 18.2 Å². The fourth-order valence-corrected chi connectivity index (χ4v) is 1.98. The number of aliphatic hydroxyl groups is 1. The first-order chi connectivity index (χ1) is 8.84. The average Bonchev–Trinajstić information content (AvgIpc) is 3.10. The Morgan fingerprint density at radius 2 is 2.06 bits per heavy atom. The Morgan fingerprint density at radius 3 is 2.78 bits per heavy atom. The molecule has 0 aliphatic carbocycles. The highest BCUT2D eigenvalue weighted by atomic mass is 16.5. The standard InChI is InChI=1S/C14H14N2O2/c17-14(13-7-4-10-18-13)12-8-9-16(15-12)11-5-2-1-3-6-11/h1-3,5-9,14,17H,4,10H2. The number of benzene rings is 1. The molecule has 1 aliphatic rings. The topological polar surface area (TPSA) is 47.3 Å². The van der Waals surface area contributed by atoms with Gasteiger partial charge >= 0.3 is 0 Å². The molecule has 2 heterocycles. The maximum atomic E-state index is 10.1. The molecule has 18 heavy (non-hydrogen) atoms. The Bertz CT molecular complexity index is 560. The van der Waals surface area contributed by atoms with Gasteiger partial charge < -0.3 is 9.84 Å². The number of rotatable bonds is 3. The van der Waals surface area contributed by atoms with Gasteiger partial charge in [0.15, 0.2) is 6.10 Å². The van der Waals surface area contributed by atoms with Crippen LogP contribution in [0.5, 0.6) is 0 Å². The van der Waals surface area contributed by atoms with Gasteiger partial charge in [0.2, 0.25) is 0 Å². The van der Waals surface area contributed by atoms with Gasteiger partial charge in [0.25, 0.3) is 0 Å². The van der Waals surface area contributed by atoms with E-state index in [-0.39, 0.29) is 0 Å². The van der Waals surface area contributed by atoms with Crippen LogP contribution < -0.4 is 0 Å². The number of para-hydroxylation sites is 1. The van der Waals surface area contributed by atoms with E-state index in [1.54, 1.807) is 10.7 Å². The molecule has 0 saturated heterocycles. The molecule has 0 spiro atoms. The van der Waals surface area contributed by atoms with E-state index in [0.717, 1.165) is 12.1 Å². The minimum Gasteiger partial charge on any atom is -0.495 e. The SMILES string of the molecule is OC(C1=CCCO1)c1ccn(-c2ccccc2)n1. The molecular weight excluding hydrogens is 228 g/mol. The lowest BCUT2D eigenvalue weighted by atomic mass is 10.2. The lowest BCUT2D eigenvalue weighted by Gasteiger charge is -2.09. The summed E-state index contributed by atoms with van der Waals surface area (Å²) < 4.78 is 7.09. The third-order valence-electron chi connectivity index (χ3n) is 2.91. The zero-order chi connectivity index (χ0) is 12.4. The molecule has 1 aromatic carbocycles. The number of ether oxygens (including phenoxy) is 1. The Labute approximate surface area is 105 Å². The summed E-state index contributed by atoms with van der Waals surface area (Å²) in [6.45, 7) is 0.645. The maximum absolute atomic E-state index is 10.1. The Balaban J connectivity index is 1.85. The quantitative estimate of drug-likeness (QED) is 0.897. The van der Waals surface area contributed by atoms with Crippen LogP contribution >= 0.6 is 0 Å². The van der Waals surface area contributed by atoms with Crippen molar-refractivity contribution in [3.8, 4) is 5.69 Å². The van der Waals surface area contributed by atoms with Crippen molar-refractivity contribution in [3.05, 3.63) is 60.1 Å². The molecular formula is C14H14N2O2. The van der Waals surface area contributed by atoms with Gasteiger partial charge in [0.1, 0.15) is 5.76 Å². The first-order valence-electron chi connectivity index (χ1n) is 5.96. The van der Waals surface area contributed by atoms with E-state index < -0.39 is 6.10 Å². The number of hydrogen-bond donors (Lipinski definition) is 1. The highest BCUT2D eigenvalue weighted by Crippen LogP contribution is 2.25. The van der Waals surface area contributed by atoms with Gasteiger partial charge in [-0.2, -0.15) is 5.10 Å². The predicted molar refractivity (Wildman–Crippen MR) is 67.2 cm³/mol. The molecule has 3 rings (SSSR count). The Kier molecular flexibility index (Phi) is 2.86. The molecule has 0 fully saturated rings. The van der Waals surface area contributed by atoms with Gasteiger partial charge in [-0.3, -0.25) is 0 Å². The Hall–Kier alpha value is -2.07. The molecule has 4 nitrogen and oxygen atoms in total. The zero-order valence-corrected chi connectivity index (χ0v) is 9.86. The first-order valence-corrected chi connectivity index (χ1v) is 5.96. The minimum atomic E-state index is -0.766. The molecule has 0 amide bonds. The Morgan fingerprint density at radius 1 is 1.22 bits per heavy atom. The zero-order valence-electron chi connectivity index (χ0n) is 9.86. The summed E-state index contributed by atoms with van der Waals surface area (Å²) >= 11 is 0. The van der Waals surface area contributed by atoms with E-state index >= 15 is 0 Å². The molecule has 92 valence electrons. The summed E-state index contributed by atoms with van der Waals surface area (Å²) in [6, 6.07) is 11.6. The van der Waals surface area contributed by atoms with Gasteiger partial charge in [-0.25, -0.2) is 4.68 Å². The van der Waals surface area contributed by atoms with E-state index in [1.807, 2.05) is 42.6 Å². The van der Waals surface area contributed by atoms with E-state index in [1.165, 1.54) is 0 Å². The number of hydrogen-bond acceptors (Lipinski definition) is 3. The van der Waals surface area contributed by atoms with Crippen LogP contribution in [0, 0.1) is 0 Å². The lowest BCUT2D eigenvalue weighted by Crippen LogP contribution is -2.04. The molecule has 1 N–H and O–H groups in total. The van der Waals surface area contributed by atoms with Crippen LogP contribution in [-0.4, -0.2) is 21.5 Å². The molecule has 1 unspecified atom stereocenters. The van der Waals surface area contributed by atoms with Gasteiger partial charge in [-0.15, -0.1) is 0 Å². The van der Waals surface area contributed by atoms with Gasteiger partial charge in [0.05, 0.1) is 18.0 Å². The van der Waals surface area contributed by atoms with Crippen LogP contribution in [0.4, 0.5) is 0 Å². The average molecular weight is 242 g/mol. The third kappa shape index (κ3) is 2.02. The molecule has 0 bridgehead atoms. The second-order valence-electron chi connectivity index (χ2n) is 4.17. The lowest BCUT2D eigenvalue weighted by molar-refractivity contribution is 0.116. The van der Waals surface area contributed by atoms with Crippen molar-refractivity contribution in [2.45, 2.75) is 12.5 Å². The van der Waals surface area contributed by atoms with Gasteiger partial charge in [-0.05, 0) is 24.3 Å². The van der Waals surface area contributed by atoms with Crippen molar-refractivity contribution in [1.29, 1.82) is 0 Å². The van der Waals surface area contributed by atoms with Crippen molar-refractivity contribution in [3.63, 3.8) is 0 Å². The normalized spacial score (nSPS) is 16.2. The smallest absolute Gasteiger partial charge is 0.154 e. The molecule has 1 aliphatic heterocycles. The molecule has 2 aromatic rings. The number of aromatic nitrogens is 2. The highest BCUT2D eigenvalue weighted by molar-refractivity contribution is 5.31. The van der Waals surface area contributed by atoms with Crippen LogP contribution in [0.15, 0.2) is 54.4 Å². The molecule has 0 saturated carbocycles. The third-order valence-corrected chi connectivity index (χ3v) is 2.91. The summed E-state index contributed by atoms with van der Waals surface area (Å²) in [5, 5.41) is 14.5. The predicted octanol–water partition coefficient (Wildman–Crippen LogP) is 2.21. The summed E-state index contributed by atoms with van der Waals surface area (Å²) in [5.74, 6) is 0.605. The summed E-state index contributed by atoms with van der Waals surface area (Å²) in [4.78, 5) is 0. The minimum absolute atomic E-state index is 0.604. The molecule has 1 atom stereocenters. The van der Waals surface area contributed by atoms with Gasteiger partial charge in [0, 0.05) is 12.6 Å². The van der Waals surface area contributed by atoms with Crippen molar-refractivity contribution >= 4 is 0 Å². The monoisotopic (exact) mass is 242 g/mol. The van der Waals surface area contributed by atoms with Crippen LogP contribution in [0.3, 0.4) is 0 Å². The second kappa shape index (κ2) is 4.66. The van der Waals surface area contributed by atoms with Crippen LogP contribution in [0.2, 0.25) is 0 Å². The van der Waals surface area contributed by atoms with E-state index in [2.05, 4.69) is 5.10 Å². The highest BCUT2D eigenvalue weighted by Gasteiger charge is 2.20. The van der Waals surface area contributed by atoms with Crippen molar-refractivity contribution in [2.75, 3.05) is 6.61 Å². The second-order valence-corrected chi connectivity index (χ2v) is 4.17. The van der Waals surface area contributed by atoms with Crippen LogP contribution in [0.25, 0.3) is 5.69 Å². The van der Waals surface area contributed by atoms with Crippen molar-refractivity contribution in [1.82, 2.24) is 9.78 Å². The summed E-state index contributed by atoms with van der Waals surface area (Å²) in [5.41, 5.74) is 1.57. The first kappa shape index (κ1) is 11.0. The van der Waals surface area contributed by atoms with Gasteiger partial charge in [-0.1, -0.05) is 18.2 Å². The fourth-order valence-electron chi connectivity index (χ4n) is 1.98. The maximum Gasteiger partial charge on any atom is 0.154 e. The van der Waals surface area contributed by atoms with Crippen LogP contribution in [-0.2, 0) is 4.74 Å². The fraction of sp³-hybridized carbons (Fsp3) is 0.214. The van der Waals surface area contributed by atoms with E-state index in [0.29, 0.717) is 18.1 Å². The molecule has 0 radical (unpaired) electrons. The largest absolute Gasteiger partial charge is 0.495 e. The summed E-state index contributed by atoms with van der Waals surface area (Å²) in [7, 11) is 0. The number of aliphatic hydroxyl groups excluding tert-OH is 1. The number of nitrogens with zero attached hydrogens (tertiary/aromatic N) is 2. The molecule has 1 aromatic heterocycles. The van der Waals surface area contributed by atoms with E-state index in [9.17, 15) is 5.11 Å². The van der Waals surface area contributed by atoms with E-state index in [4.69, 9.17) is 4.74 Å². The molecule has 4 heteroatoms.